The summed E-state index contributed by atoms with van der Waals surface area (Å²) in [4.78, 5) is 0.249. The van der Waals surface area contributed by atoms with Gasteiger partial charge in [0, 0.05) is 6.54 Å². The van der Waals surface area contributed by atoms with Crippen LogP contribution < -0.4 is 4.72 Å². The summed E-state index contributed by atoms with van der Waals surface area (Å²) in [6, 6.07) is 4.91. The van der Waals surface area contributed by atoms with E-state index in [1.807, 2.05) is 6.92 Å². The zero-order valence-electron chi connectivity index (χ0n) is 11.7. The van der Waals surface area contributed by atoms with Crippen molar-refractivity contribution < 1.29 is 13.5 Å². The summed E-state index contributed by atoms with van der Waals surface area (Å²) in [6.07, 6.45) is 4.80. The van der Waals surface area contributed by atoms with Gasteiger partial charge < -0.3 is 5.11 Å². The largest absolute Gasteiger partial charge is 0.392 e. The Bertz CT molecular complexity index is 616. The first-order valence-electron chi connectivity index (χ1n) is 7.17. The molecule has 5 heteroatoms. The van der Waals surface area contributed by atoms with Crippen LogP contribution in [0.15, 0.2) is 23.1 Å². The maximum atomic E-state index is 12.3. The molecule has 4 nitrogen and oxygen atoms in total. The van der Waals surface area contributed by atoms with Gasteiger partial charge in [-0.1, -0.05) is 6.07 Å². The molecule has 1 aromatic carbocycles. The van der Waals surface area contributed by atoms with Gasteiger partial charge in [-0.2, -0.15) is 0 Å². The third-order valence-electron chi connectivity index (χ3n) is 4.75. The smallest absolute Gasteiger partial charge is 0.240 e. The average Bonchev–Trinajstić information content (AvgIpc) is 3.28. The molecule has 0 unspecified atom stereocenters. The van der Waals surface area contributed by atoms with Crippen molar-refractivity contribution in [1.29, 1.82) is 0 Å². The van der Waals surface area contributed by atoms with E-state index in [1.165, 1.54) is 12.8 Å². The van der Waals surface area contributed by atoms with E-state index < -0.39 is 10.0 Å². The van der Waals surface area contributed by atoms with Crippen LogP contribution in [-0.4, -0.2) is 20.1 Å². The second-order valence-corrected chi connectivity index (χ2v) is 7.97. The van der Waals surface area contributed by atoms with Gasteiger partial charge in [-0.3, -0.25) is 0 Å². The molecule has 2 saturated carbocycles. The van der Waals surface area contributed by atoms with Crippen LogP contribution in [0, 0.1) is 18.3 Å². The van der Waals surface area contributed by atoms with Crippen molar-refractivity contribution in [2.45, 2.75) is 44.1 Å². The lowest BCUT2D eigenvalue weighted by molar-refractivity contribution is 0.280. The highest BCUT2D eigenvalue weighted by atomic mass is 32.2. The van der Waals surface area contributed by atoms with Crippen molar-refractivity contribution in [2.24, 2.45) is 11.3 Å². The molecule has 110 valence electrons. The standard InChI is InChI=1S/C15H21NO3S/c1-11-2-5-14(8-12(11)9-17)20(18,19)16-10-15(6-7-15)13-3-4-13/h2,5,8,13,16-17H,3-4,6-7,9-10H2,1H3. The number of aliphatic hydroxyl groups excluding tert-OH is 1. The van der Waals surface area contributed by atoms with Crippen molar-refractivity contribution in [3.05, 3.63) is 29.3 Å². The number of aliphatic hydroxyl groups is 1. The van der Waals surface area contributed by atoms with E-state index in [1.54, 1.807) is 18.2 Å². The van der Waals surface area contributed by atoms with E-state index in [-0.39, 0.29) is 16.9 Å². The van der Waals surface area contributed by atoms with Gasteiger partial charge in [0.25, 0.3) is 0 Å². The molecule has 0 aromatic heterocycles. The molecule has 0 atom stereocenters. The highest BCUT2D eigenvalue weighted by Crippen LogP contribution is 2.60. The molecule has 0 amide bonds. The van der Waals surface area contributed by atoms with Gasteiger partial charge >= 0.3 is 0 Å². The third-order valence-corrected chi connectivity index (χ3v) is 6.15. The summed E-state index contributed by atoms with van der Waals surface area (Å²) in [7, 11) is -3.47. The van der Waals surface area contributed by atoms with Crippen LogP contribution in [0.3, 0.4) is 0 Å². The molecule has 2 N–H and O–H groups in total. The zero-order valence-corrected chi connectivity index (χ0v) is 12.5. The van der Waals surface area contributed by atoms with Crippen LogP contribution in [0.1, 0.15) is 36.8 Å². The van der Waals surface area contributed by atoms with Gasteiger partial charge in [-0.15, -0.1) is 0 Å². The van der Waals surface area contributed by atoms with Gasteiger partial charge in [-0.05, 0) is 67.2 Å². The summed E-state index contributed by atoms with van der Waals surface area (Å²) in [5.41, 5.74) is 1.82. The minimum Gasteiger partial charge on any atom is -0.392 e. The van der Waals surface area contributed by atoms with Crippen LogP contribution in [0.2, 0.25) is 0 Å². The number of sulfonamides is 1. The molecular weight excluding hydrogens is 274 g/mol. The molecule has 0 bridgehead atoms. The number of hydrogen-bond donors (Lipinski definition) is 2. The molecule has 2 aliphatic carbocycles. The maximum Gasteiger partial charge on any atom is 0.240 e. The highest BCUT2D eigenvalue weighted by Gasteiger charge is 2.53. The van der Waals surface area contributed by atoms with Gasteiger partial charge in [-0.25, -0.2) is 13.1 Å². The van der Waals surface area contributed by atoms with Crippen molar-refractivity contribution in [3.63, 3.8) is 0 Å². The average molecular weight is 295 g/mol. The first-order chi connectivity index (χ1) is 9.47. The molecule has 0 heterocycles. The third kappa shape index (κ3) is 2.62. The number of benzene rings is 1. The van der Waals surface area contributed by atoms with E-state index in [9.17, 15) is 13.5 Å². The Kier molecular flexibility index (Phi) is 3.39. The monoisotopic (exact) mass is 295 g/mol. The van der Waals surface area contributed by atoms with E-state index in [2.05, 4.69) is 4.72 Å². The van der Waals surface area contributed by atoms with Gasteiger partial charge in [0.2, 0.25) is 10.0 Å². The lowest BCUT2D eigenvalue weighted by atomic mass is 10.0. The Morgan fingerprint density at radius 1 is 1.35 bits per heavy atom. The van der Waals surface area contributed by atoms with Gasteiger partial charge in [0.05, 0.1) is 11.5 Å². The van der Waals surface area contributed by atoms with Crippen LogP contribution >= 0.6 is 0 Å². The minimum absolute atomic E-state index is 0.138. The Balaban J connectivity index is 1.74. The first kappa shape index (κ1) is 14.0. The molecule has 2 fully saturated rings. The molecule has 0 saturated heterocycles. The fraction of sp³-hybridized carbons (Fsp3) is 0.600. The summed E-state index contributed by atoms with van der Waals surface area (Å²) in [6.45, 7) is 2.28. The topological polar surface area (TPSA) is 66.4 Å². The van der Waals surface area contributed by atoms with Crippen molar-refractivity contribution in [2.75, 3.05) is 6.54 Å². The number of hydrogen-bond acceptors (Lipinski definition) is 3. The second kappa shape index (κ2) is 4.83. The molecule has 2 aliphatic rings. The zero-order chi connectivity index (χ0) is 14.4. The lowest BCUT2D eigenvalue weighted by Gasteiger charge is -2.15. The van der Waals surface area contributed by atoms with E-state index in [0.29, 0.717) is 12.1 Å². The molecule has 0 spiro atoms. The molecule has 0 aliphatic heterocycles. The van der Waals surface area contributed by atoms with E-state index in [0.717, 1.165) is 24.3 Å². The Hall–Kier alpha value is -0.910. The summed E-state index contributed by atoms with van der Waals surface area (Å²) >= 11 is 0. The van der Waals surface area contributed by atoms with E-state index in [4.69, 9.17) is 0 Å². The SMILES string of the molecule is Cc1ccc(S(=O)(=O)NCC2(C3CC3)CC2)cc1CO. The number of rotatable bonds is 6. The normalized spacial score (nSPS) is 20.9. The molecular formula is C15H21NO3S. The fourth-order valence-electron chi connectivity index (χ4n) is 2.89. The lowest BCUT2D eigenvalue weighted by Crippen LogP contribution is -2.31. The summed E-state index contributed by atoms with van der Waals surface area (Å²) in [5, 5.41) is 9.24. The Labute approximate surface area is 120 Å². The Morgan fingerprint density at radius 2 is 2.05 bits per heavy atom. The first-order valence-corrected chi connectivity index (χ1v) is 8.65. The quantitative estimate of drug-likeness (QED) is 0.843. The number of nitrogens with one attached hydrogen (secondary N) is 1. The van der Waals surface area contributed by atoms with Gasteiger partial charge in [0.1, 0.15) is 0 Å². The van der Waals surface area contributed by atoms with Crippen molar-refractivity contribution in [1.82, 2.24) is 4.72 Å². The summed E-state index contributed by atoms with van der Waals surface area (Å²) < 4.78 is 27.4. The minimum atomic E-state index is -3.47. The second-order valence-electron chi connectivity index (χ2n) is 6.21. The maximum absolute atomic E-state index is 12.3. The predicted octanol–water partition coefficient (Wildman–Crippen LogP) is 1.96. The molecule has 3 rings (SSSR count). The highest BCUT2D eigenvalue weighted by molar-refractivity contribution is 7.89. The molecule has 1 aromatic rings. The van der Waals surface area contributed by atoms with Crippen molar-refractivity contribution in [3.8, 4) is 0 Å². The van der Waals surface area contributed by atoms with E-state index >= 15 is 0 Å². The van der Waals surface area contributed by atoms with Crippen LogP contribution in [0.25, 0.3) is 0 Å². The fourth-order valence-corrected chi connectivity index (χ4v) is 4.08. The predicted molar refractivity (Wildman–Crippen MR) is 76.7 cm³/mol. The Morgan fingerprint density at radius 3 is 2.60 bits per heavy atom. The van der Waals surface area contributed by atoms with Gasteiger partial charge in [0.15, 0.2) is 0 Å². The van der Waals surface area contributed by atoms with Crippen LogP contribution in [0.4, 0.5) is 0 Å². The van der Waals surface area contributed by atoms with Crippen LogP contribution in [0.5, 0.6) is 0 Å². The summed E-state index contributed by atoms with van der Waals surface area (Å²) in [5.74, 6) is 0.733. The molecule has 20 heavy (non-hydrogen) atoms. The van der Waals surface area contributed by atoms with Crippen molar-refractivity contribution >= 4 is 10.0 Å². The van der Waals surface area contributed by atoms with Crippen LogP contribution in [-0.2, 0) is 16.6 Å². The molecule has 0 radical (unpaired) electrons. The number of aryl methyl sites for hydroxylation is 1.